The zero-order valence-corrected chi connectivity index (χ0v) is 15.4. The third kappa shape index (κ3) is 3.95. The van der Waals surface area contributed by atoms with E-state index in [2.05, 4.69) is 31.1 Å². The number of nitrogens with zero attached hydrogens (tertiary/aromatic N) is 3. The van der Waals surface area contributed by atoms with Crippen molar-refractivity contribution in [1.29, 1.82) is 0 Å². The van der Waals surface area contributed by atoms with Crippen LogP contribution in [0.5, 0.6) is 0 Å². The van der Waals surface area contributed by atoms with Gasteiger partial charge in [0.15, 0.2) is 18.8 Å². The van der Waals surface area contributed by atoms with Crippen LogP contribution in [-0.2, 0) is 11.3 Å². The zero-order chi connectivity index (χ0) is 18.6. The molecule has 0 saturated carbocycles. The maximum atomic E-state index is 12.2. The number of carbonyl (C=O) groups is 1. The molecule has 0 spiro atoms. The first-order chi connectivity index (χ1) is 13.2. The zero-order valence-electron chi connectivity index (χ0n) is 13.8. The fourth-order valence-electron chi connectivity index (χ4n) is 2.40. The number of carbonyl (C=O) groups excluding carboxylic acids is 1. The molecule has 8 heteroatoms. The molecular weight excluding hydrogens is 414 g/mol. The van der Waals surface area contributed by atoms with Gasteiger partial charge in [-0.05, 0) is 24.3 Å². The van der Waals surface area contributed by atoms with Crippen molar-refractivity contribution in [3.05, 3.63) is 77.0 Å². The quantitative estimate of drug-likeness (QED) is 0.434. The summed E-state index contributed by atoms with van der Waals surface area (Å²) in [5, 5.41) is 3.90. The Morgan fingerprint density at radius 2 is 1.96 bits per heavy atom. The van der Waals surface area contributed by atoms with Gasteiger partial charge in [0, 0.05) is 15.6 Å². The second-order valence-corrected chi connectivity index (χ2v) is 6.46. The summed E-state index contributed by atoms with van der Waals surface area (Å²) in [6.07, 6.45) is 2.95. The van der Waals surface area contributed by atoms with Crippen molar-refractivity contribution < 1.29 is 18.5 Å². The number of rotatable bonds is 5. The van der Waals surface area contributed by atoms with Crippen LogP contribution in [-0.4, -0.2) is 21.1 Å². The van der Waals surface area contributed by atoms with Crippen LogP contribution in [0, 0.1) is 0 Å². The van der Waals surface area contributed by atoms with Crippen molar-refractivity contribution in [2.45, 2.75) is 6.61 Å². The van der Waals surface area contributed by atoms with Crippen LogP contribution in [0.2, 0.25) is 0 Å². The summed E-state index contributed by atoms with van der Waals surface area (Å²) in [6, 6.07) is 14.3. The summed E-state index contributed by atoms with van der Waals surface area (Å²) < 4.78 is 16.5. The van der Waals surface area contributed by atoms with Crippen LogP contribution < -0.4 is 0 Å². The molecule has 0 saturated heterocycles. The number of hydrogen-bond donors (Lipinski definition) is 0. The summed E-state index contributed by atoms with van der Waals surface area (Å²) in [7, 11) is 0. The smallest absolute Gasteiger partial charge is 0.338 e. The molecule has 2 heterocycles. The largest absolute Gasteiger partial charge is 0.452 e. The molecule has 0 aliphatic carbocycles. The molecule has 134 valence electrons. The van der Waals surface area contributed by atoms with Gasteiger partial charge in [-0.25, -0.2) is 9.78 Å². The van der Waals surface area contributed by atoms with E-state index in [1.165, 1.54) is 6.39 Å². The van der Waals surface area contributed by atoms with Crippen LogP contribution in [0.4, 0.5) is 0 Å². The molecule has 0 amide bonds. The van der Waals surface area contributed by atoms with E-state index in [0.717, 1.165) is 15.6 Å². The van der Waals surface area contributed by atoms with E-state index in [1.807, 2.05) is 24.3 Å². The molecule has 7 nitrogen and oxygen atoms in total. The maximum Gasteiger partial charge on any atom is 0.338 e. The fourth-order valence-corrected chi connectivity index (χ4v) is 2.80. The van der Waals surface area contributed by atoms with E-state index in [1.54, 1.807) is 30.5 Å². The summed E-state index contributed by atoms with van der Waals surface area (Å²) in [4.78, 5) is 20.3. The predicted molar refractivity (Wildman–Crippen MR) is 98.5 cm³/mol. The summed E-state index contributed by atoms with van der Waals surface area (Å²) in [6.45, 7) is -0.107. The predicted octanol–water partition coefficient (Wildman–Crippen LogP) is 4.51. The first-order valence-electron chi connectivity index (χ1n) is 7.93. The molecule has 0 radical (unpaired) electrons. The average Bonchev–Trinajstić information content (AvgIpc) is 3.38. The lowest BCUT2D eigenvalue weighted by molar-refractivity contribution is 0.0430. The molecule has 0 aliphatic heterocycles. The van der Waals surface area contributed by atoms with Crippen LogP contribution in [0.3, 0.4) is 0 Å². The highest BCUT2D eigenvalue weighted by Crippen LogP contribution is 2.21. The summed E-state index contributed by atoms with van der Waals surface area (Å²) in [5.74, 6) is 0.789. The normalized spacial score (nSPS) is 10.7. The van der Waals surface area contributed by atoms with E-state index < -0.39 is 5.97 Å². The van der Waals surface area contributed by atoms with Gasteiger partial charge in [0.05, 0.1) is 11.8 Å². The van der Waals surface area contributed by atoms with Gasteiger partial charge in [0.25, 0.3) is 5.89 Å². The fraction of sp³-hybridized carbons (Fsp3) is 0.0526. The molecule has 27 heavy (non-hydrogen) atoms. The first-order valence-corrected chi connectivity index (χ1v) is 8.73. The SMILES string of the molecule is O=C(OCc1nc(-c2cccc(Br)c2)no1)c1ccc(-c2cnco2)cc1. The molecule has 0 bridgehead atoms. The van der Waals surface area contributed by atoms with Crippen molar-refractivity contribution >= 4 is 21.9 Å². The lowest BCUT2D eigenvalue weighted by atomic mass is 10.1. The minimum atomic E-state index is -0.485. The third-order valence-electron chi connectivity index (χ3n) is 3.72. The second kappa shape index (κ2) is 7.55. The molecule has 2 aromatic carbocycles. The molecule has 0 aliphatic rings. The molecule has 2 aromatic heterocycles. The van der Waals surface area contributed by atoms with Crippen molar-refractivity contribution in [2.24, 2.45) is 0 Å². The molecule has 0 atom stereocenters. The van der Waals surface area contributed by atoms with Crippen molar-refractivity contribution in [1.82, 2.24) is 15.1 Å². The Kier molecular flexibility index (Phi) is 4.80. The molecule has 0 N–H and O–H groups in total. The Hall–Kier alpha value is -3.26. The molecule has 4 rings (SSSR count). The summed E-state index contributed by atoms with van der Waals surface area (Å²) in [5.41, 5.74) is 2.03. The Bertz CT molecular complexity index is 1060. The van der Waals surface area contributed by atoms with Gasteiger partial charge in [0.1, 0.15) is 0 Å². The minimum Gasteiger partial charge on any atom is -0.452 e. The molecular formula is C19H12BrN3O4. The third-order valence-corrected chi connectivity index (χ3v) is 4.21. The van der Waals surface area contributed by atoms with Crippen molar-refractivity contribution in [3.63, 3.8) is 0 Å². The lowest BCUT2D eigenvalue weighted by Gasteiger charge is -2.02. The number of aromatic nitrogens is 3. The van der Waals surface area contributed by atoms with Crippen LogP contribution >= 0.6 is 15.9 Å². The topological polar surface area (TPSA) is 91.2 Å². The number of oxazole rings is 1. The van der Waals surface area contributed by atoms with Crippen molar-refractivity contribution in [2.75, 3.05) is 0 Å². The van der Waals surface area contributed by atoms with Crippen LogP contribution in [0.1, 0.15) is 16.2 Å². The number of esters is 1. The monoisotopic (exact) mass is 425 g/mol. The van der Waals surface area contributed by atoms with Crippen LogP contribution in [0.15, 0.2) is 74.5 Å². The number of halogens is 1. The van der Waals surface area contributed by atoms with Gasteiger partial charge < -0.3 is 13.7 Å². The Morgan fingerprint density at radius 3 is 2.70 bits per heavy atom. The standard InChI is InChI=1S/C19H12BrN3O4/c20-15-3-1-2-14(8-15)18-22-17(27-23-18)10-25-19(24)13-6-4-12(5-7-13)16-9-21-11-26-16/h1-9,11H,10H2. The maximum absolute atomic E-state index is 12.2. The van der Waals surface area contributed by atoms with Gasteiger partial charge in [-0.1, -0.05) is 45.4 Å². The van der Waals surface area contributed by atoms with Gasteiger partial charge in [-0.15, -0.1) is 0 Å². The second-order valence-electron chi connectivity index (χ2n) is 5.54. The van der Waals surface area contributed by atoms with E-state index in [9.17, 15) is 4.79 Å². The number of benzene rings is 2. The van der Waals surface area contributed by atoms with E-state index in [4.69, 9.17) is 13.7 Å². The van der Waals surface area contributed by atoms with Crippen molar-refractivity contribution in [3.8, 4) is 22.7 Å². The highest BCUT2D eigenvalue weighted by atomic mass is 79.9. The Balaban J connectivity index is 1.39. The highest BCUT2D eigenvalue weighted by molar-refractivity contribution is 9.10. The Labute approximate surface area is 162 Å². The average molecular weight is 426 g/mol. The van der Waals surface area contributed by atoms with Gasteiger partial charge >= 0.3 is 5.97 Å². The van der Waals surface area contributed by atoms with Gasteiger partial charge in [0.2, 0.25) is 5.82 Å². The minimum absolute atomic E-state index is 0.107. The highest BCUT2D eigenvalue weighted by Gasteiger charge is 2.13. The lowest BCUT2D eigenvalue weighted by Crippen LogP contribution is -2.05. The van der Waals surface area contributed by atoms with Gasteiger partial charge in [-0.3, -0.25) is 0 Å². The van der Waals surface area contributed by atoms with E-state index in [-0.39, 0.29) is 12.5 Å². The van der Waals surface area contributed by atoms with E-state index >= 15 is 0 Å². The van der Waals surface area contributed by atoms with E-state index in [0.29, 0.717) is 17.1 Å². The van der Waals surface area contributed by atoms with Gasteiger partial charge in [-0.2, -0.15) is 4.98 Å². The number of hydrogen-bond acceptors (Lipinski definition) is 7. The summed E-state index contributed by atoms with van der Waals surface area (Å²) >= 11 is 3.39. The molecule has 4 aromatic rings. The Morgan fingerprint density at radius 1 is 1.11 bits per heavy atom. The van der Waals surface area contributed by atoms with Crippen LogP contribution in [0.25, 0.3) is 22.7 Å². The molecule has 0 fully saturated rings. The number of ether oxygens (including phenoxy) is 1. The molecule has 0 unspecified atom stereocenters. The first kappa shape index (κ1) is 17.2.